The van der Waals surface area contributed by atoms with E-state index in [1.54, 1.807) is 6.08 Å². The predicted octanol–water partition coefficient (Wildman–Crippen LogP) is 3.88. The Balaban J connectivity index is 1.65. The van der Waals surface area contributed by atoms with Crippen LogP contribution in [-0.4, -0.2) is 19.5 Å². The van der Waals surface area contributed by atoms with Crippen LogP contribution in [0.2, 0.25) is 0 Å². The number of nitrogens with one attached hydrogen (secondary N) is 1. The number of rotatable bonds is 4. The topological polar surface area (TPSA) is 32.3 Å². The molecule has 1 N–H and O–H groups in total. The monoisotopic (exact) mass is 320 g/mol. The van der Waals surface area contributed by atoms with E-state index in [0.29, 0.717) is 0 Å². The van der Waals surface area contributed by atoms with E-state index in [9.17, 15) is 4.79 Å². The van der Waals surface area contributed by atoms with Gasteiger partial charge in [-0.2, -0.15) is 0 Å². The molecule has 1 aliphatic rings. The third-order valence-electron chi connectivity index (χ3n) is 4.69. The Labute approximate surface area is 144 Å². The van der Waals surface area contributed by atoms with Crippen LogP contribution < -0.4 is 10.2 Å². The van der Waals surface area contributed by atoms with Crippen LogP contribution in [0.3, 0.4) is 0 Å². The van der Waals surface area contributed by atoms with Crippen molar-refractivity contribution in [3.8, 4) is 0 Å². The van der Waals surface area contributed by atoms with Crippen LogP contribution in [0.25, 0.3) is 6.08 Å². The maximum atomic E-state index is 12.2. The van der Waals surface area contributed by atoms with Gasteiger partial charge in [-0.15, -0.1) is 0 Å². The summed E-state index contributed by atoms with van der Waals surface area (Å²) in [6.07, 6.45) is 4.56. The van der Waals surface area contributed by atoms with E-state index in [-0.39, 0.29) is 11.9 Å². The highest BCUT2D eigenvalue weighted by Crippen LogP contribution is 2.29. The van der Waals surface area contributed by atoms with Crippen molar-refractivity contribution in [1.29, 1.82) is 0 Å². The number of aryl methyl sites for hydroxylation is 1. The molecule has 1 heterocycles. The molecule has 0 saturated carbocycles. The summed E-state index contributed by atoms with van der Waals surface area (Å²) in [5.41, 5.74) is 6.06. The number of hydrogen-bond acceptors (Lipinski definition) is 2. The van der Waals surface area contributed by atoms with Crippen LogP contribution in [-0.2, 0) is 11.2 Å². The number of anilines is 1. The molecule has 0 bridgehead atoms. The molecule has 3 nitrogen and oxygen atoms in total. The SMILES string of the molecule is Cc1ccccc1/C=C/C(=O)NC(C)c1ccc2c(c1)CCN2C. The molecule has 0 radical (unpaired) electrons. The zero-order chi connectivity index (χ0) is 17.1. The number of likely N-dealkylation sites (N-methyl/N-ethyl adjacent to an activating group) is 1. The molecule has 1 atom stereocenters. The Bertz CT molecular complexity index is 779. The van der Waals surface area contributed by atoms with Crippen molar-refractivity contribution in [3.05, 3.63) is 70.8 Å². The predicted molar refractivity (Wildman–Crippen MR) is 100 cm³/mol. The zero-order valence-corrected chi connectivity index (χ0v) is 14.5. The second-order valence-electron chi connectivity index (χ2n) is 6.48. The highest BCUT2D eigenvalue weighted by Gasteiger charge is 2.17. The third-order valence-corrected chi connectivity index (χ3v) is 4.69. The summed E-state index contributed by atoms with van der Waals surface area (Å²) in [5, 5.41) is 3.05. The first-order valence-corrected chi connectivity index (χ1v) is 8.43. The molecule has 3 rings (SSSR count). The number of amides is 1. The van der Waals surface area contributed by atoms with Gasteiger partial charge in [0.1, 0.15) is 0 Å². The van der Waals surface area contributed by atoms with Gasteiger partial charge in [0.15, 0.2) is 0 Å². The van der Waals surface area contributed by atoms with Crippen molar-refractivity contribution in [3.63, 3.8) is 0 Å². The highest BCUT2D eigenvalue weighted by molar-refractivity contribution is 5.92. The molecule has 124 valence electrons. The molecule has 3 heteroatoms. The first-order valence-electron chi connectivity index (χ1n) is 8.43. The Morgan fingerprint density at radius 3 is 2.83 bits per heavy atom. The second kappa shape index (κ2) is 6.91. The average Bonchev–Trinajstić information content (AvgIpc) is 2.95. The molecular formula is C21H24N2O. The normalized spacial score (nSPS) is 14.7. The molecule has 0 saturated heterocycles. The molecule has 2 aromatic carbocycles. The quantitative estimate of drug-likeness (QED) is 0.867. The van der Waals surface area contributed by atoms with Crippen LogP contribution in [0.1, 0.15) is 35.2 Å². The average molecular weight is 320 g/mol. The van der Waals surface area contributed by atoms with Crippen molar-refractivity contribution < 1.29 is 4.79 Å². The molecule has 1 unspecified atom stereocenters. The standard InChI is InChI=1S/C21H24N2O/c1-15-6-4-5-7-17(15)9-11-21(24)22-16(2)18-8-10-20-19(14-18)12-13-23(20)3/h4-11,14,16H,12-13H2,1-3H3,(H,22,24)/b11-9+. The van der Waals surface area contributed by atoms with E-state index in [1.807, 2.05) is 44.2 Å². The minimum Gasteiger partial charge on any atom is -0.374 e. The summed E-state index contributed by atoms with van der Waals surface area (Å²) in [4.78, 5) is 14.5. The molecule has 1 amide bonds. The fraction of sp³-hybridized carbons (Fsp3) is 0.286. The lowest BCUT2D eigenvalue weighted by Crippen LogP contribution is -2.24. The fourth-order valence-corrected chi connectivity index (χ4v) is 3.14. The maximum Gasteiger partial charge on any atom is 0.244 e. The number of carbonyl (C=O) groups is 1. The Kier molecular flexibility index (Phi) is 4.70. The molecular weight excluding hydrogens is 296 g/mol. The maximum absolute atomic E-state index is 12.2. The lowest BCUT2D eigenvalue weighted by Gasteiger charge is -2.16. The summed E-state index contributed by atoms with van der Waals surface area (Å²) < 4.78 is 0. The van der Waals surface area contributed by atoms with Crippen molar-refractivity contribution >= 4 is 17.7 Å². The van der Waals surface area contributed by atoms with Gasteiger partial charge >= 0.3 is 0 Å². The van der Waals surface area contributed by atoms with Crippen LogP contribution in [0.15, 0.2) is 48.5 Å². The van der Waals surface area contributed by atoms with Gasteiger partial charge in [-0.3, -0.25) is 4.79 Å². The van der Waals surface area contributed by atoms with E-state index in [4.69, 9.17) is 0 Å². The highest BCUT2D eigenvalue weighted by atomic mass is 16.1. The van der Waals surface area contributed by atoms with Crippen molar-refractivity contribution in [1.82, 2.24) is 5.32 Å². The molecule has 0 aromatic heterocycles. The summed E-state index contributed by atoms with van der Waals surface area (Å²) >= 11 is 0. The Morgan fingerprint density at radius 2 is 2.04 bits per heavy atom. The van der Waals surface area contributed by atoms with Gasteiger partial charge in [0, 0.05) is 25.4 Å². The van der Waals surface area contributed by atoms with E-state index in [0.717, 1.165) is 29.7 Å². The lowest BCUT2D eigenvalue weighted by molar-refractivity contribution is -0.117. The van der Waals surface area contributed by atoms with Crippen LogP contribution in [0.5, 0.6) is 0 Å². The second-order valence-corrected chi connectivity index (χ2v) is 6.48. The molecule has 24 heavy (non-hydrogen) atoms. The van der Waals surface area contributed by atoms with Gasteiger partial charge < -0.3 is 10.2 Å². The van der Waals surface area contributed by atoms with Gasteiger partial charge in [-0.25, -0.2) is 0 Å². The van der Waals surface area contributed by atoms with E-state index in [1.165, 1.54) is 11.3 Å². The third kappa shape index (κ3) is 3.51. The first-order chi connectivity index (χ1) is 11.5. The van der Waals surface area contributed by atoms with Crippen LogP contribution in [0.4, 0.5) is 5.69 Å². The molecule has 1 aliphatic heterocycles. The summed E-state index contributed by atoms with van der Waals surface area (Å²) in [7, 11) is 2.12. The van der Waals surface area contributed by atoms with E-state index < -0.39 is 0 Å². The van der Waals surface area contributed by atoms with Gasteiger partial charge in [-0.05, 0) is 54.7 Å². The molecule has 0 spiro atoms. The fourth-order valence-electron chi connectivity index (χ4n) is 3.14. The van der Waals surface area contributed by atoms with E-state index in [2.05, 4.69) is 35.5 Å². The number of nitrogens with zero attached hydrogens (tertiary/aromatic N) is 1. The van der Waals surface area contributed by atoms with Gasteiger partial charge in [0.05, 0.1) is 6.04 Å². The van der Waals surface area contributed by atoms with Crippen molar-refractivity contribution in [2.24, 2.45) is 0 Å². The number of fused-ring (bicyclic) bond motifs is 1. The largest absolute Gasteiger partial charge is 0.374 e. The van der Waals surface area contributed by atoms with Crippen molar-refractivity contribution in [2.75, 3.05) is 18.5 Å². The van der Waals surface area contributed by atoms with Crippen molar-refractivity contribution in [2.45, 2.75) is 26.3 Å². The van der Waals surface area contributed by atoms with Crippen LogP contribution >= 0.6 is 0 Å². The Hall–Kier alpha value is -2.55. The van der Waals surface area contributed by atoms with E-state index >= 15 is 0 Å². The van der Waals surface area contributed by atoms with Gasteiger partial charge in [-0.1, -0.05) is 36.4 Å². The van der Waals surface area contributed by atoms with Gasteiger partial charge in [0.2, 0.25) is 5.91 Å². The number of carbonyl (C=O) groups excluding carboxylic acids is 1. The van der Waals surface area contributed by atoms with Gasteiger partial charge in [0.25, 0.3) is 0 Å². The van der Waals surface area contributed by atoms with Crippen LogP contribution in [0, 0.1) is 6.92 Å². The molecule has 0 fully saturated rings. The zero-order valence-electron chi connectivity index (χ0n) is 14.5. The summed E-state index contributed by atoms with van der Waals surface area (Å²) in [5.74, 6) is -0.0663. The smallest absolute Gasteiger partial charge is 0.244 e. The number of hydrogen-bond donors (Lipinski definition) is 1. The summed E-state index contributed by atoms with van der Waals surface area (Å²) in [6.45, 7) is 5.14. The first kappa shape index (κ1) is 16.3. The minimum absolute atomic E-state index is 0.00442. The lowest BCUT2D eigenvalue weighted by atomic mass is 10.0. The molecule has 2 aromatic rings. The molecule has 0 aliphatic carbocycles. The minimum atomic E-state index is -0.0663. The Morgan fingerprint density at radius 1 is 1.25 bits per heavy atom. The number of benzene rings is 2. The summed E-state index contributed by atoms with van der Waals surface area (Å²) in [6, 6.07) is 14.5.